The highest BCUT2D eigenvalue weighted by Gasteiger charge is 2.10. The van der Waals surface area contributed by atoms with Crippen molar-refractivity contribution in [1.82, 2.24) is 0 Å². The second kappa shape index (κ2) is 11.3. The largest absolute Gasteiger partial charge is 0.508 e. The molecule has 0 aliphatic heterocycles. The molecule has 0 bridgehead atoms. The first-order valence-electron chi connectivity index (χ1n) is 9.29. The van der Waals surface area contributed by atoms with E-state index in [9.17, 15) is 15.0 Å². The van der Waals surface area contributed by atoms with Crippen LogP contribution in [-0.2, 0) is 0 Å². The molecule has 0 amide bonds. The van der Waals surface area contributed by atoms with Crippen LogP contribution in [0.25, 0.3) is 0 Å². The van der Waals surface area contributed by atoms with Crippen molar-refractivity contribution in [2.45, 2.75) is 66.2 Å². The SMILES string of the molecule is CC(C)=CCCC(C)=CCCC(C)=CCCC(=O)c1ccc(O)cc1O. The third kappa shape index (κ3) is 8.70. The maximum atomic E-state index is 12.1. The summed E-state index contributed by atoms with van der Waals surface area (Å²) in [7, 11) is 0. The van der Waals surface area contributed by atoms with Gasteiger partial charge in [0, 0.05) is 12.5 Å². The Bertz CT molecular complexity index is 689. The Hall–Kier alpha value is -2.29. The Morgan fingerprint density at radius 1 is 0.846 bits per heavy atom. The zero-order valence-corrected chi connectivity index (χ0v) is 16.5. The quantitative estimate of drug-likeness (QED) is 0.372. The van der Waals surface area contributed by atoms with Crippen LogP contribution in [0.3, 0.4) is 0 Å². The van der Waals surface area contributed by atoms with Gasteiger partial charge in [-0.25, -0.2) is 0 Å². The number of phenols is 2. The number of allylic oxidation sites excluding steroid dienone is 6. The van der Waals surface area contributed by atoms with Crippen LogP contribution in [0.5, 0.6) is 11.5 Å². The Morgan fingerprint density at radius 3 is 1.92 bits per heavy atom. The number of benzene rings is 1. The fourth-order valence-electron chi connectivity index (χ4n) is 2.68. The highest BCUT2D eigenvalue weighted by Crippen LogP contribution is 2.24. The van der Waals surface area contributed by atoms with E-state index in [1.54, 1.807) is 0 Å². The Balaban J connectivity index is 2.37. The second-order valence-corrected chi connectivity index (χ2v) is 7.12. The smallest absolute Gasteiger partial charge is 0.166 e. The molecule has 3 heteroatoms. The van der Waals surface area contributed by atoms with E-state index in [0.29, 0.717) is 12.8 Å². The number of carbonyl (C=O) groups is 1. The molecule has 0 fully saturated rings. The van der Waals surface area contributed by atoms with E-state index < -0.39 is 0 Å². The van der Waals surface area contributed by atoms with Crippen molar-refractivity contribution < 1.29 is 15.0 Å². The molecule has 0 radical (unpaired) electrons. The lowest BCUT2D eigenvalue weighted by Gasteiger charge is -2.04. The van der Waals surface area contributed by atoms with Gasteiger partial charge >= 0.3 is 0 Å². The molecule has 1 rings (SSSR count). The lowest BCUT2D eigenvalue weighted by Crippen LogP contribution is -1.98. The van der Waals surface area contributed by atoms with Crippen LogP contribution in [0.4, 0.5) is 0 Å². The van der Waals surface area contributed by atoms with Crippen LogP contribution in [0.1, 0.15) is 76.6 Å². The summed E-state index contributed by atoms with van der Waals surface area (Å²) in [6.45, 7) is 8.53. The third-order valence-electron chi connectivity index (χ3n) is 4.27. The Labute approximate surface area is 157 Å². The topological polar surface area (TPSA) is 57.5 Å². The maximum Gasteiger partial charge on any atom is 0.166 e. The molecule has 0 heterocycles. The molecule has 1 aromatic carbocycles. The highest BCUT2D eigenvalue weighted by atomic mass is 16.3. The molecule has 26 heavy (non-hydrogen) atoms. The van der Waals surface area contributed by atoms with Gasteiger partial charge in [-0.1, -0.05) is 34.9 Å². The average Bonchev–Trinajstić information content (AvgIpc) is 2.54. The van der Waals surface area contributed by atoms with E-state index in [2.05, 4.69) is 45.9 Å². The predicted molar refractivity (Wildman–Crippen MR) is 109 cm³/mol. The second-order valence-electron chi connectivity index (χ2n) is 7.12. The Kier molecular flexibility index (Phi) is 9.50. The fourth-order valence-corrected chi connectivity index (χ4v) is 2.68. The van der Waals surface area contributed by atoms with Crippen molar-refractivity contribution in [3.8, 4) is 11.5 Å². The first-order chi connectivity index (χ1) is 12.3. The minimum absolute atomic E-state index is 0.0426. The van der Waals surface area contributed by atoms with Crippen molar-refractivity contribution in [3.63, 3.8) is 0 Å². The molecule has 0 atom stereocenters. The van der Waals surface area contributed by atoms with Crippen LogP contribution in [0.2, 0.25) is 0 Å². The van der Waals surface area contributed by atoms with Gasteiger partial charge in [0.2, 0.25) is 0 Å². The molecule has 3 nitrogen and oxygen atoms in total. The van der Waals surface area contributed by atoms with Gasteiger partial charge in [0.25, 0.3) is 0 Å². The molecule has 0 unspecified atom stereocenters. The minimum atomic E-state index is -0.163. The molecule has 1 aromatic rings. The van der Waals surface area contributed by atoms with Crippen LogP contribution in [0.15, 0.2) is 53.1 Å². The van der Waals surface area contributed by atoms with Crippen LogP contribution < -0.4 is 0 Å². The standard InChI is InChI=1S/C23H32O3/c1-17(2)8-5-9-18(3)10-6-11-19(4)12-7-13-22(25)21-15-14-20(24)16-23(21)26/h8,10,12,14-16,24,26H,5-7,9,11,13H2,1-4H3. The summed E-state index contributed by atoms with van der Waals surface area (Å²) in [6, 6.07) is 4.08. The van der Waals surface area contributed by atoms with Gasteiger partial charge in [-0.3, -0.25) is 4.79 Å². The summed E-state index contributed by atoms with van der Waals surface area (Å²) < 4.78 is 0. The molecular formula is C23H32O3. The van der Waals surface area contributed by atoms with Gasteiger partial charge in [0.15, 0.2) is 5.78 Å². The van der Waals surface area contributed by atoms with E-state index in [1.165, 1.54) is 34.9 Å². The normalized spacial score (nSPS) is 12.2. The monoisotopic (exact) mass is 356 g/mol. The van der Waals surface area contributed by atoms with Crippen LogP contribution in [0, 0.1) is 0 Å². The molecule has 142 valence electrons. The molecule has 0 saturated heterocycles. The van der Waals surface area contributed by atoms with Crippen molar-refractivity contribution in [1.29, 1.82) is 0 Å². The van der Waals surface area contributed by atoms with E-state index >= 15 is 0 Å². The van der Waals surface area contributed by atoms with E-state index in [0.717, 1.165) is 25.7 Å². The van der Waals surface area contributed by atoms with E-state index in [1.807, 2.05) is 0 Å². The summed E-state index contributed by atoms with van der Waals surface area (Å²) >= 11 is 0. The summed E-state index contributed by atoms with van der Waals surface area (Å²) in [6.07, 6.45) is 11.9. The zero-order valence-electron chi connectivity index (χ0n) is 16.5. The number of carbonyl (C=O) groups excluding carboxylic acids is 1. The predicted octanol–water partition coefficient (Wildman–Crippen LogP) is 6.48. The number of ketones is 1. The number of rotatable bonds is 10. The van der Waals surface area contributed by atoms with Crippen molar-refractivity contribution >= 4 is 5.78 Å². The number of phenolic OH excluding ortho intramolecular Hbond substituents is 2. The first-order valence-corrected chi connectivity index (χ1v) is 9.29. The fraction of sp³-hybridized carbons (Fsp3) is 0.435. The zero-order chi connectivity index (χ0) is 19.5. The molecule has 2 N–H and O–H groups in total. The summed E-state index contributed by atoms with van der Waals surface area (Å²) in [4.78, 5) is 12.1. The van der Waals surface area contributed by atoms with E-state index in [4.69, 9.17) is 0 Å². The lowest BCUT2D eigenvalue weighted by molar-refractivity contribution is 0.0981. The van der Waals surface area contributed by atoms with E-state index in [-0.39, 0.29) is 22.8 Å². The number of aromatic hydroxyl groups is 2. The van der Waals surface area contributed by atoms with Crippen LogP contribution >= 0.6 is 0 Å². The van der Waals surface area contributed by atoms with Gasteiger partial charge < -0.3 is 10.2 Å². The molecule has 0 aromatic heterocycles. The van der Waals surface area contributed by atoms with Gasteiger partial charge in [-0.05, 0) is 71.9 Å². The Morgan fingerprint density at radius 2 is 1.38 bits per heavy atom. The maximum absolute atomic E-state index is 12.1. The number of hydrogen-bond acceptors (Lipinski definition) is 3. The number of Topliss-reactive ketones (excluding diaryl/α,β-unsaturated/α-hetero) is 1. The lowest BCUT2D eigenvalue weighted by atomic mass is 10.0. The first kappa shape index (κ1) is 21.8. The minimum Gasteiger partial charge on any atom is -0.508 e. The summed E-state index contributed by atoms with van der Waals surface area (Å²) in [5, 5.41) is 19.0. The molecular weight excluding hydrogens is 324 g/mol. The summed E-state index contributed by atoms with van der Waals surface area (Å²) in [5.74, 6) is -0.315. The van der Waals surface area contributed by atoms with Gasteiger partial charge in [0.1, 0.15) is 11.5 Å². The average molecular weight is 357 g/mol. The summed E-state index contributed by atoms with van der Waals surface area (Å²) in [5.41, 5.74) is 4.34. The van der Waals surface area contributed by atoms with Crippen molar-refractivity contribution in [2.24, 2.45) is 0 Å². The molecule has 0 spiro atoms. The number of hydrogen-bond donors (Lipinski definition) is 2. The van der Waals surface area contributed by atoms with Crippen molar-refractivity contribution in [3.05, 3.63) is 58.7 Å². The van der Waals surface area contributed by atoms with Gasteiger partial charge in [-0.15, -0.1) is 0 Å². The molecule has 0 saturated carbocycles. The third-order valence-corrected chi connectivity index (χ3v) is 4.27. The molecule has 0 aliphatic carbocycles. The van der Waals surface area contributed by atoms with Gasteiger partial charge in [-0.2, -0.15) is 0 Å². The molecule has 0 aliphatic rings. The van der Waals surface area contributed by atoms with Crippen LogP contribution in [-0.4, -0.2) is 16.0 Å². The van der Waals surface area contributed by atoms with Gasteiger partial charge in [0.05, 0.1) is 5.56 Å². The van der Waals surface area contributed by atoms with Crippen molar-refractivity contribution in [2.75, 3.05) is 0 Å². The highest BCUT2D eigenvalue weighted by molar-refractivity contribution is 5.98.